The smallest absolute Gasteiger partial charge is 0.157 e. The zero-order valence-electron chi connectivity index (χ0n) is 11.2. The van der Waals surface area contributed by atoms with Gasteiger partial charge in [0, 0.05) is 6.54 Å². The first-order valence-corrected chi connectivity index (χ1v) is 6.94. The number of fused-ring (bicyclic) bond motifs is 1. The van der Waals surface area contributed by atoms with Crippen LogP contribution in [-0.2, 0) is 0 Å². The molecule has 2 heterocycles. The van der Waals surface area contributed by atoms with Gasteiger partial charge >= 0.3 is 0 Å². The quantitative estimate of drug-likeness (QED) is 0.886. The topological polar surface area (TPSA) is 62.5 Å². The molecule has 19 heavy (non-hydrogen) atoms. The van der Waals surface area contributed by atoms with Crippen molar-refractivity contribution in [1.29, 1.82) is 0 Å². The number of hydrogen-bond donors (Lipinski definition) is 2. The van der Waals surface area contributed by atoms with E-state index in [-0.39, 0.29) is 6.10 Å². The van der Waals surface area contributed by atoms with Gasteiger partial charge < -0.3 is 10.4 Å². The summed E-state index contributed by atoms with van der Waals surface area (Å²) < 4.78 is 1.84. The van der Waals surface area contributed by atoms with Crippen LogP contribution in [0.3, 0.4) is 0 Å². The number of aliphatic hydroxyl groups is 1. The van der Waals surface area contributed by atoms with E-state index >= 15 is 0 Å². The van der Waals surface area contributed by atoms with E-state index in [0.717, 1.165) is 43.7 Å². The molecule has 5 heteroatoms. The Balaban J connectivity index is 1.69. The Labute approximate surface area is 112 Å². The lowest BCUT2D eigenvalue weighted by atomic mass is 9.87. The van der Waals surface area contributed by atoms with Crippen LogP contribution in [0.25, 0.3) is 5.65 Å². The lowest BCUT2D eigenvalue weighted by Gasteiger charge is -2.25. The van der Waals surface area contributed by atoms with Gasteiger partial charge in [-0.3, -0.25) is 0 Å². The van der Waals surface area contributed by atoms with E-state index in [4.69, 9.17) is 0 Å². The van der Waals surface area contributed by atoms with Crippen LogP contribution in [0.5, 0.6) is 0 Å². The molecule has 0 saturated heterocycles. The fourth-order valence-electron chi connectivity index (χ4n) is 2.78. The molecular formula is C14H20N4O. The van der Waals surface area contributed by atoms with E-state index in [1.807, 2.05) is 10.6 Å². The number of hydrogen-bond acceptors (Lipinski definition) is 4. The van der Waals surface area contributed by atoms with E-state index < -0.39 is 0 Å². The van der Waals surface area contributed by atoms with Gasteiger partial charge in [-0.05, 0) is 56.2 Å². The first-order valence-electron chi connectivity index (χ1n) is 6.94. The van der Waals surface area contributed by atoms with Crippen LogP contribution in [0.4, 0.5) is 5.82 Å². The lowest BCUT2D eigenvalue weighted by molar-refractivity contribution is 0.111. The predicted octanol–water partition coefficient (Wildman–Crippen LogP) is 2.00. The number of nitrogens with one attached hydrogen (secondary N) is 1. The highest BCUT2D eigenvalue weighted by atomic mass is 16.3. The molecule has 0 atom stereocenters. The van der Waals surface area contributed by atoms with Gasteiger partial charge in [0.15, 0.2) is 5.65 Å². The Morgan fingerprint density at radius 1 is 1.32 bits per heavy atom. The summed E-state index contributed by atoms with van der Waals surface area (Å²) in [6, 6.07) is 4.12. The highest BCUT2D eigenvalue weighted by molar-refractivity contribution is 5.51. The van der Waals surface area contributed by atoms with Gasteiger partial charge in [-0.25, -0.2) is 4.98 Å². The summed E-state index contributed by atoms with van der Waals surface area (Å²) in [7, 11) is 0. The van der Waals surface area contributed by atoms with Crippen molar-refractivity contribution in [2.75, 3.05) is 11.9 Å². The van der Waals surface area contributed by atoms with Crippen LogP contribution in [0.2, 0.25) is 0 Å². The number of rotatable bonds is 3. The summed E-state index contributed by atoms with van der Waals surface area (Å²) in [5.74, 6) is 1.64. The highest BCUT2D eigenvalue weighted by Gasteiger charge is 2.19. The van der Waals surface area contributed by atoms with Crippen molar-refractivity contribution >= 4 is 11.5 Å². The SMILES string of the molecule is Cc1cc(NCC2CCC(O)CC2)n2ncnc2c1. The minimum atomic E-state index is -0.0859. The zero-order chi connectivity index (χ0) is 13.2. The Morgan fingerprint density at radius 3 is 2.89 bits per heavy atom. The Hall–Kier alpha value is -1.62. The highest BCUT2D eigenvalue weighted by Crippen LogP contribution is 2.24. The van der Waals surface area contributed by atoms with Gasteiger partial charge in [0.2, 0.25) is 0 Å². The molecular weight excluding hydrogens is 240 g/mol. The van der Waals surface area contributed by atoms with Crippen LogP contribution in [0.15, 0.2) is 18.5 Å². The van der Waals surface area contributed by atoms with E-state index in [9.17, 15) is 5.11 Å². The maximum atomic E-state index is 9.52. The summed E-state index contributed by atoms with van der Waals surface area (Å²) in [4.78, 5) is 4.22. The average molecular weight is 260 g/mol. The molecule has 0 unspecified atom stereocenters. The molecule has 0 amide bonds. The van der Waals surface area contributed by atoms with Crippen molar-refractivity contribution in [2.24, 2.45) is 5.92 Å². The lowest BCUT2D eigenvalue weighted by Crippen LogP contribution is -2.24. The number of aromatic nitrogens is 3. The summed E-state index contributed by atoms with van der Waals surface area (Å²) in [5.41, 5.74) is 2.06. The molecule has 0 aromatic carbocycles. The van der Waals surface area contributed by atoms with Gasteiger partial charge in [-0.15, -0.1) is 0 Å². The van der Waals surface area contributed by atoms with Crippen molar-refractivity contribution in [3.8, 4) is 0 Å². The van der Waals surface area contributed by atoms with Crippen LogP contribution in [0.1, 0.15) is 31.2 Å². The number of pyridine rings is 1. The van der Waals surface area contributed by atoms with Crippen molar-refractivity contribution in [2.45, 2.75) is 38.7 Å². The summed E-state index contributed by atoms with van der Waals surface area (Å²) in [5, 5.41) is 17.2. The second-order valence-corrected chi connectivity index (χ2v) is 5.50. The Bertz CT molecular complexity index is 558. The number of aliphatic hydroxyl groups excluding tert-OH is 1. The number of nitrogens with zero attached hydrogens (tertiary/aromatic N) is 3. The van der Waals surface area contributed by atoms with Gasteiger partial charge in [0.25, 0.3) is 0 Å². The molecule has 1 saturated carbocycles. The van der Waals surface area contributed by atoms with Crippen molar-refractivity contribution in [3.63, 3.8) is 0 Å². The zero-order valence-corrected chi connectivity index (χ0v) is 11.2. The third kappa shape index (κ3) is 2.71. The van der Waals surface area contributed by atoms with E-state index in [1.54, 1.807) is 6.33 Å². The molecule has 102 valence electrons. The van der Waals surface area contributed by atoms with E-state index in [1.165, 1.54) is 5.56 Å². The van der Waals surface area contributed by atoms with E-state index in [0.29, 0.717) is 5.92 Å². The molecule has 3 rings (SSSR count). The van der Waals surface area contributed by atoms with Gasteiger partial charge in [-0.2, -0.15) is 9.61 Å². The molecule has 0 radical (unpaired) electrons. The second kappa shape index (κ2) is 5.17. The third-order valence-electron chi connectivity index (χ3n) is 3.91. The second-order valence-electron chi connectivity index (χ2n) is 5.50. The van der Waals surface area contributed by atoms with Crippen LogP contribution < -0.4 is 5.32 Å². The van der Waals surface area contributed by atoms with Crippen molar-refractivity contribution < 1.29 is 5.11 Å². The molecule has 5 nitrogen and oxygen atoms in total. The maximum Gasteiger partial charge on any atom is 0.157 e. The number of anilines is 1. The molecule has 0 bridgehead atoms. The van der Waals surface area contributed by atoms with Crippen molar-refractivity contribution in [1.82, 2.24) is 14.6 Å². The first-order chi connectivity index (χ1) is 9.22. The third-order valence-corrected chi connectivity index (χ3v) is 3.91. The fraction of sp³-hybridized carbons (Fsp3) is 0.571. The molecule has 2 aromatic heterocycles. The largest absolute Gasteiger partial charge is 0.393 e. The average Bonchev–Trinajstić information content (AvgIpc) is 2.85. The standard InChI is InChI=1S/C14H20N4O/c1-10-6-13(18-14(7-10)16-9-17-18)15-8-11-2-4-12(19)5-3-11/h6-7,9,11-12,15,19H,2-5,8H2,1H3. The monoisotopic (exact) mass is 260 g/mol. The van der Waals surface area contributed by atoms with Crippen LogP contribution >= 0.6 is 0 Å². The summed E-state index contributed by atoms with van der Waals surface area (Å²) in [6.45, 7) is 3.00. The van der Waals surface area contributed by atoms with Gasteiger partial charge in [-0.1, -0.05) is 0 Å². The molecule has 1 aliphatic rings. The van der Waals surface area contributed by atoms with Gasteiger partial charge in [0.1, 0.15) is 12.1 Å². The maximum absolute atomic E-state index is 9.52. The minimum Gasteiger partial charge on any atom is -0.393 e. The van der Waals surface area contributed by atoms with Crippen LogP contribution in [-0.4, -0.2) is 32.4 Å². The first kappa shape index (κ1) is 12.4. The molecule has 0 aliphatic heterocycles. The normalized spacial score (nSPS) is 23.7. The van der Waals surface area contributed by atoms with Gasteiger partial charge in [0.05, 0.1) is 6.10 Å². The molecule has 0 spiro atoms. The summed E-state index contributed by atoms with van der Waals surface area (Å²) >= 11 is 0. The Morgan fingerprint density at radius 2 is 2.11 bits per heavy atom. The molecule has 1 aliphatic carbocycles. The fourth-order valence-corrected chi connectivity index (χ4v) is 2.78. The Kier molecular flexibility index (Phi) is 3.38. The van der Waals surface area contributed by atoms with E-state index in [2.05, 4.69) is 28.4 Å². The van der Waals surface area contributed by atoms with Crippen molar-refractivity contribution in [3.05, 3.63) is 24.0 Å². The minimum absolute atomic E-state index is 0.0859. The molecule has 1 fully saturated rings. The molecule has 2 aromatic rings. The number of aryl methyl sites for hydroxylation is 1. The predicted molar refractivity (Wildman–Crippen MR) is 74.2 cm³/mol. The van der Waals surface area contributed by atoms with Crippen LogP contribution in [0, 0.1) is 12.8 Å². The molecule has 2 N–H and O–H groups in total. The summed E-state index contributed by atoms with van der Waals surface area (Å²) in [6.07, 6.45) is 5.55.